The summed E-state index contributed by atoms with van der Waals surface area (Å²) < 4.78 is 28.9. The molecule has 0 amide bonds. The first-order valence-corrected chi connectivity index (χ1v) is 9.47. The van der Waals surface area contributed by atoms with Crippen molar-refractivity contribution in [2.24, 2.45) is 0 Å². The van der Waals surface area contributed by atoms with Gasteiger partial charge in [-0.25, -0.2) is 23.3 Å². The van der Waals surface area contributed by atoms with Gasteiger partial charge in [-0.3, -0.25) is 4.68 Å². The van der Waals surface area contributed by atoms with Crippen LogP contribution in [0.3, 0.4) is 0 Å². The summed E-state index contributed by atoms with van der Waals surface area (Å²) in [5.74, 6) is 0.532. The zero-order valence-corrected chi connectivity index (χ0v) is 15.7. The van der Waals surface area contributed by atoms with E-state index in [1.54, 1.807) is 29.1 Å². The summed E-state index contributed by atoms with van der Waals surface area (Å²) in [5, 5.41) is 9.51. The number of aromatic nitrogens is 6. The normalized spacial score (nSPS) is 15.3. The Hall–Kier alpha value is -2.46. The standard InChI is InChI=1S/C17H17F2N7S/c1-9-5-11(15(18)19)22-25(9)7-13-21-16-14-10-3-4-24(2)6-12(10)27-17(14)20-8-26(16)23-13/h5,8,15H,3-4,6-7H2,1-2H3. The molecule has 7 nitrogen and oxygen atoms in total. The maximum absolute atomic E-state index is 12.9. The van der Waals surface area contributed by atoms with Gasteiger partial charge in [0.25, 0.3) is 6.43 Å². The molecule has 0 saturated carbocycles. The molecule has 4 aromatic heterocycles. The fraction of sp³-hybridized carbons (Fsp3) is 0.412. The second kappa shape index (κ2) is 6.03. The average molecular weight is 389 g/mol. The Bertz CT molecular complexity index is 1160. The predicted molar refractivity (Wildman–Crippen MR) is 97.2 cm³/mol. The van der Waals surface area contributed by atoms with E-state index in [9.17, 15) is 8.78 Å². The van der Waals surface area contributed by atoms with Crippen LogP contribution in [-0.4, -0.2) is 47.9 Å². The third-order valence-corrected chi connectivity index (χ3v) is 6.05. The Morgan fingerprint density at radius 3 is 2.93 bits per heavy atom. The predicted octanol–water partition coefficient (Wildman–Crippen LogP) is 2.82. The third kappa shape index (κ3) is 2.71. The molecule has 1 aliphatic heterocycles. The van der Waals surface area contributed by atoms with E-state index in [2.05, 4.69) is 32.1 Å². The van der Waals surface area contributed by atoms with Crippen molar-refractivity contribution in [3.05, 3.63) is 40.0 Å². The molecule has 10 heteroatoms. The highest BCUT2D eigenvalue weighted by molar-refractivity contribution is 7.19. The molecular weight excluding hydrogens is 372 g/mol. The van der Waals surface area contributed by atoms with Crippen LogP contribution < -0.4 is 0 Å². The molecule has 0 atom stereocenters. The summed E-state index contributed by atoms with van der Waals surface area (Å²) >= 11 is 1.71. The molecule has 0 bridgehead atoms. The Balaban J connectivity index is 1.58. The molecule has 0 fully saturated rings. The summed E-state index contributed by atoms with van der Waals surface area (Å²) in [4.78, 5) is 13.8. The van der Waals surface area contributed by atoms with Gasteiger partial charge in [0.2, 0.25) is 0 Å². The number of fused-ring (bicyclic) bond motifs is 5. The van der Waals surface area contributed by atoms with E-state index < -0.39 is 6.43 Å². The lowest BCUT2D eigenvalue weighted by atomic mass is 10.1. The minimum Gasteiger partial charge on any atom is -0.301 e. The Morgan fingerprint density at radius 2 is 2.15 bits per heavy atom. The largest absolute Gasteiger partial charge is 0.301 e. The van der Waals surface area contributed by atoms with Crippen LogP contribution in [0.5, 0.6) is 0 Å². The molecule has 0 unspecified atom stereocenters. The summed E-state index contributed by atoms with van der Waals surface area (Å²) in [6.45, 7) is 3.92. The van der Waals surface area contributed by atoms with Crippen LogP contribution in [0.15, 0.2) is 12.4 Å². The molecule has 0 saturated heterocycles. The van der Waals surface area contributed by atoms with Crippen molar-refractivity contribution in [3.8, 4) is 0 Å². The van der Waals surface area contributed by atoms with E-state index in [0.717, 1.165) is 35.4 Å². The molecule has 5 heterocycles. The summed E-state index contributed by atoms with van der Waals surface area (Å²) in [6, 6.07) is 1.39. The summed E-state index contributed by atoms with van der Waals surface area (Å²) in [5.41, 5.74) is 2.51. The summed E-state index contributed by atoms with van der Waals surface area (Å²) in [6.07, 6.45) is 0.0458. The molecule has 0 spiro atoms. The van der Waals surface area contributed by atoms with Gasteiger partial charge in [-0.1, -0.05) is 0 Å². The Kier molecular flexibility index (Phi) is 3.73. The van der Waals surface area contributed by atoms with E-state index in [0.29, 0.717) is 11.5 Å². The Morgan fingerprint density at radius 1 is 1.30 bits per heavy atom. The molecule has 0 radical (unpaired) electrons. The summed E-state index contributed by atoms with van der Waals surface area (Å²) in [7, 11) is 2.12. The zero-order valence-electron chi connectivity index (χ0n) is 14.9. The maximum Gasteiger partial charge on any atom is 0.282 e. The highest BCUT2D eigenvalue weighted by Gasteiger charge is 2.23. The zero-order chi connectivity index (χ0) is 18.7. The van der Waals surface area contributed by atoms with E-state index in [4.69, 9.17) is 0 Å². The Labute approximate surface area is 157 Å². The molecular formula is C17H17F2N7S. The number of alkyl halides is 2. The molecule has 140 valence electrons. The number of rotatable bonds is 3. The van der Waals surface area contributed by atoms with Crippen molar-refractivity contribution in [2.75, 3.05) is 13.6 Å². The number of hydrogen-bond donors (Lipinski definition) is 0. The quantitative estimate of drug-likeness (QED) is 0.539. The second-order valence-corrected chi connectivity index (χ2v) is 7.97. The van der Waals surface area contributed by atoms with Crippen LogP contribution in [0.4, 0.5) is 8.78 Å². The van der Waals surface area contributed by atoms with Gasteiger partial charge in [0.1, 0.15) is 23.4 Å². The van der Waals surface area contributed by atoms with Crippen molar-refractivity contribution < 1.29 is 8.78 Å². The number of halogens is 2. The van der Waals surface area contributed by atoms with Crippen molar-refractivity contribution in [2.45, 2.75) is 32.9 Å². The van der Waals surface area contributed by atoms with Crippen molar-refractivity contribution >= 4 is 27.2 Å². The average Bonchev–Trinajstić information content (AvgIpc) is 3.29. The van der Waals surface area contributed by atoms with Gasteiger partial charge in [-0.2, -0.15) is 5.10 Å². The lowest BCUT2D eigenvalue weighted by Crippen LogP contribution is -2.25. The van der Waals surface area contributed by atoms with Gasteiger partial charge in [0, 0.05) is 23.7 Å². The highest BCUT2D eigenvalue weighted by Crippen LogP contribution is 2.35. The lowest BCUT2D eigenvalue weighted by molar-refractivity contribution is 0.145. The molecule has 4 aromatic rings. The smallest absolute Gasteiger partial charge is 0.282 e. The first kappa shape index (κ1) is 16.7. The van der Waals surface area contributed by atoms with Crippen molar-refractivity contribution in [1.29, 1.82) is 0 Å². The van der Waals surface area contributed by atoms with E-state index in [1.165, 1.54) is 21.2 Å². The van der Waals surface area contributed by atoms with Crippen molar-refractivity contribution in [3.63, 3.8) is 0 Å². The van der Waals surface area contributed by atoms with Gasteiger partial charge in [-0.15, -0.1) is 16.4 Å². The molecule has 0 aliphatic carbocycles. The number of hydrogen-bond acceptors (Lipinski definition) is 6. The van der Waals surface area contributed by atoms with E-state index in [1.807, 2.05) is 0 Å². The van der Waals surface area contributed by atoms with Crippen LogP contribution in [0.25, 0.3) is 15.9 Å². The fourth-order valence-corrected chi connectivity index (χ4v) is 4.83. The maximum atomic E-state index is 12.9. The van der Waals surface area contributed by atoms with Gasteiger partial charge in [-0.05, 0) is 32.0 Å². The van der Waals surface area contributed by atoms with Gasteiger partial charge >= 0.3 is 0 Å². The first-order chi connectivity index (χ1) is 13.0. The van der Waals surface area contributed by atoms with E-state index >= 15 is 0 Å². The van der Waals surface area contributed by atoms with Crippen LogP contribution in [0, 0.1) is 6.92 Å². The topological polar surface area (TPSA) is 64.1 Å². The fourth-order valence-electron chi connectivity index (χ4n) is 3.57. The van der Waals surface area contributed by atoms with Gasteiger partial charge in [0.15, 0.2) is 11.5 Å². The molecule has 1 aliphatic rings. The van der Waals surface area contributed by atoms with Crippen LogP contribution in [0.2, 0.25) is 0 Å². The highest BCUT2D eigenvalue weighted by atomic mass is 32.1. The monoisotopic (exact) mass is 389 g/mol. The number of thiophene rings is 1. The van der Waals surface area contributed by atoms with Gasteiger partial charge < -0.3 is 4.90 Å². The van der Waals surface area contributed by atoms with Crippen LogP contribution >= 0.6 is 11.3 Å². The minimum atomic E-state index is -2.58. The third-order valence-electron chi connectivity index (χ3n) is 4.93. The minimum absolute atomic E-state index is 0.226. The molecule has 5 rings (SSSR count). The lowest BCUT2D eigenvalue weighted by Gasteiger charge is -2.21. The molecule has 0 aromatic carbocycles. The second-order valence-electron chi connectivity index (χ2n) is 6.88. The molecule has 27 heavy (non-hydrogen) atoms. The number of nitrogens with zero attached hydrogens (tertiary/aromatic N) is 7. The number of aryl methyl sites for hydroxylation is 1. The van der Waals surface area contributed by atoms with Crippen molar-refractivity contribution in [1.82, 2.24) is 34.3 Å². The van der Waals surface area contributed by atoms with E-state index in [-0.39, 0.29) is 12.2 Å². The number of likely N-dealkylation sites (N-methyl/N-ethyl adjacent to an activating group) is 1. The molecule has 0 N–H and O–H groups in total. The van der Waals surface area contributed by atoms with Crippen LogP contribution in [0.1, 0.15) is 34.1 Å². The van der Waals surface area contributed by atoms with Crippen LogP contribution in [-0.2, 0) is 19.5 Å². The first-order valence-electron chi connectivity index (χ1n) is 8.65. The SMILES string of the molecule is Cc1cc(C(F)F)nn1Cc1nc2c3c4c(sc3ncn2n1)CN(C)CC4. The van der Waals surface area contributed by atoms with Gasteiger partial charge in [0.05, 0.1) is 5.39 Å².